The van der Waals surface area contributed by atoms with E-state index in [0.717, 1.165) is 11.3 Å². The summed E-state index contributed by atoms with van der Waals surface area (Å²) in [7, 11) is 0. The molecule has 1 aliphatic heterocycles. The van der Waals surface area contributed by atoms with Gasteiger partial charge in [-0.1, -0.05) is 12.1 Å². The van der Waals surface area contributed by atoms with Crippen LogP contribution in [0.2, 0.25) is 0 Å². The van der Waals surface area contributed by atoms with Crippen molar-refractivity contribution >= 4 is 0 Å². The number of rotatable bonds is 4. The Balaban J connectivity index is 1.84. The first-order chi connectivity index (χ1) is 8.46. The second-order valence-electron chi connectivity index (χ2n) is 5.01. The Morgan fingerprint density at radius 2 is 2.06 bits per heavy atom. The quantitative estimate of drug-likeness (QED) is 0.893. The number of benzene rings is 1. The molecule has 1 aromatic carbocycles. The van der Waals surface area contributed by atoms with Gasteiger partial charge < -0.3 is 19.3 Å². The van der Waals surface area contributed by atoms with Crippen molar-refractivity contribution in [1.29, 1.82) is 0 Å². The second kappa shape index (κ2) is 5.26. The third-order valence-electron chi connectivity index (χ3n) is 2.87. The number of ether oxygens (including phenoxy) is 3. The fourth-order valence-corrected chi connectivity index (χ4v) is 1.88. The average Bonchev–Trinajstić information content (AvgIpc) is 2.67. The summed E-state index contributed by atoms with van der Waals surface area (Å²) in [6.45, 7) is 6.55. The first-order valence-electron chi connectivity index (χ1n) is 6.19. The normalized spacial score (nSPS) is 23.9. The molecule has 100 valence electrons. The summed E-state index contributed by atoms with van der Waals surface area (Å²) in [6, 6.07) is 7.41. The molecule has 0 saturated carbocycles. The van der Waals surface area contributed by atoms with Crippen molar-refractivity contribution < 1.29 is 19.3 Å². The monoisotopic (exact) mass is 252 g/mol. The highest BCUT2D eigenvalue weighted by molar-refractivity contribution is 5.28. The molecule has 1 saturated heterocycles. The molecule has 1 unspecified atom stereocenters. The third kappa shape index (κ3) is 3.45. The van der Waals surface area contributed by atoms with Gasteiger partial charge in [-0.2, -0.15) is 0 Å². The van der Waals surface area contributed by atoms with E-state index >= 15 is 0 Å². The lowest BCUT2D eigenvalue weighted by molar-refractivity contribution is -0.141. The number of aliphatic hydroxyl groups excluding tert-OH is 1. The summed E-state index contributed by atoms with van der Waals surface area (Å²) < 4.78 is 16.7. The maximum atomic E-state index is 9.40. The van der Waals surface area contributed by atoms with Crippen LogP contribution in [0.25, 0.3) is 0 Å². The standard InChI is InChI=1S/C14H20O4/c1-10(15)11-4-6-12(7-5-11)16-8-13-9-17-14(2,3)18-13/h4-7,10,13,15H,8-9H2,1-3H3/t10-,13?/m0/s1. The molecular weight excluding hydrogens is 232 g/mol. The van der Waals surface area contributed by atoms with Crippen molar-refractivity contribution in [3.8, 4) is 5.75 Å². The molecule has 2 rings (SSSR count). The predicted octanol–water partition coefficient (Wildman–Crippen LogP) is 2.27. The Kier molecular flexibility index (Phi) is 3.90. The Hall–Kier alpha value is -1.10. The Morgan fingerprint density at radius 1 is 1.39 bits per heavy atom. The van der Waals surface area contributed by atoms with E-state index in [2.05, 4.69) is 0 Å². The molecule has 1 aromatic rings. The predicted molar refractivity (Wildman–Crippen MR) is 67.5 cm³/mol. The molecule has 1 fully saturated rings. The van der Waals surface area contributed by atoms with Crippen molar-refractivity contribution in [1.82, 2.24) is 0 Å². The van der Waals surface area contributed by atoms with Gasteiger partial charge in [0.1, 0.15) is 18.5 Å². The molecule has 0 radical (unpaired) electrons. The molecule has 0 aromatic heterocycles. The Labute approximate surface area is 107 Å². The molecule has 1 heterocycles. The van der Waals surface area contributed by atoms with E-state index in [1.54, 1.807) is 6.92 Å². The van der Waals surface area contributed by atoms with Crippen LogP contribution in [-0.4, -0.2) is 30.2 Å². The first-order valence-corrected chi connectivity index (χ1v) is 6.19. The summed E-state index contributed by atoms with van der Waals surface area (Å²) in [5.74, 6) is 0.261. The van der Waals surface area contributed by atoms with Crippen LogP contribution in [0.5, 0.6) is 5.75 Å². The molecular formula is C14H20O4. The first kappa shape index (κ1) is 13.3. The van der Waals surface area contributed by atoms with E-state index in [1.165, 1.54) is 0 Å². The van der Waals surface area contributed by atoms with Crippen LogP contribution >= 0.6 is 0 Å². The summed E-state index contributed by atoms with van der Waals surface area (Å²) in [5, 5.41) is 9.40. The lowest BCUT2D eigenvalue weighted by atomic mass is 10.1. The minimum atomic E-state index is -0.510. The van der Waals surface area contributed by atoms with Gasteiger partial charge in [0.2, 0.25) is 0 Å². The lowest BCUT2D eigenvalue weighted by Gasteiger charge is -2.17. The summed E-state index contributed by atoms with van der Waals surface area (Å²) >= 11 is 0. The molecule has 0 bridgehead atoms. The summed E-state index contributed by atoms with van der Waals surface area (Å²) in [4.78, 5) is 0. The number of aliphatic hydroxyl groups is 1. The van der Waals surface area contributed by atoms with Crippen LogP contribution in [-0.2, 0) is 9.47 Å². The molecule has 18 heavy (non-hydrogen) atoms. The van der Waals surface area contributed by atoms with E-state index in [-0.39, 0.29) is 6.10 Å². The van der Waals surface area contributed by atoms with Gasteiger partial charge >= 0.3 is 0 Å². The second-order valence-corrected chi connectivity index (χ2v) is 5.01. The van der Waals surface area contributed by atoms with E-state index in [1.807, 2.05) is 38.1 Å². The van der Waals surface area contributed by atoms with Crippen molar-refractivity contribution in [3.05, 3.63) is 29.8 Å². The van der Waals surface area contributed by atoms with Gasteiger partial charge in [-0.05, 0) is 38.5 Å². The summed E-state index contributed by atoms with van der Waals surface area (Å²) in [5.41, 5.74) is 0.879. The molecule has 4 nitrogen and oxygen atoms in total. The van der Waals surface area contributed by atoms with Crippen LogP contribution in [0.15, 0.2) is 24.3 Å². The highest BCUT2D eigenvalue weighted by atomic mass is 16.7. The number of hydrogen-bond acceptors (Lipinski definition) is 4. The van der Waals surface area contributed by atoms with Gasteiger partial charge in [-0.25, -0.2) is 0 Å². The average molecular weight is 252 g/mol. The van der Waals surface area contributed by atoms with Gasteiger partial charge in [0.25, 0.3) is 0 Å². The van der Waals surface area contributed by atoms with Crippen molar-refractivity contribution in [3.63, 3.8) is 0 Å². The SMILES string of the molecule is C[C@H](O)c1ccc(OCC2COC(C)(C)O2)cc1. The summed E-state index contributed by atoms with van der Waals surface area (Å²) in [6.07, 6.45) is -0.483. The van der Waals surface area contributed by atoms with Crippen LogP contribution in [0.4, 0.5) is 0 Å². The highest BCUT2D eigenvalue weighted by Gasteiger charge is 2.32. The molecule has 1 aliphatic rings. The number of hydrogen-bond donors (Lipinski definition) is 1. The lowest BCUT2D eigenvalue weighted by Crippen LogP contribution is -2.25. The van der Waals surface area contributed by atoms with Gasteiger partial charge in [-0.15, -0.1) is 0 Å². The van der Waals surface area contributed by atoms with E-state index in [0.29, 0.717) is 13.2 Å². The molecule has 0 amide bonds. The minimum Gasteiger partial charge on any atom is -0.491 e. The van der Waals surface area contributed by atoms with Gasteiger partial charge in [0.05, 0.1) is 12.7 Å². The molecule has 2 atom stereocenters. The topological polar surface area (TPSA) is 47.9 Å². The van der Waals surface area contributed by atoms with Crippen molar-refractivity contribution in [2.24, 2.45) is 0 Å². The Bertz CT molecular complexity index is 383. The molecule has 1 N–H and O–H groups in total. The fraction of sp³-hybridized carbons (Fsp3) is 0.571. The van der Waals surface area contributed by atoms with E-state index in [4.69, 9.17) is 14.2 Å². The molecule has 0 aliphatic carbocycles. The fourth-order valence-electron chi connectivity index (χ4n) is 1.88. The zero-order valence-electron chi connectivity index (χ0n) is 11.1. The van der Waals surface area contributed by atoms with Crippen molar-refractivity contribution in [2.75, 3.05) is 13.2 Å². The van der Waals surface area contributed by atoms with Crippen LogP contribution in [0.3, 0.4) is 0 Å². The Morgan fingerprint density at radius 3 is 2.56 bits per heavy atom. The highest BCUT2D eigenvalue weighted by Crippen LogP contribution is 2.23. The maximum Gasteiger partial charge on any atom is 0.163 e. The third-order valence-corrected chi connectivity index (χ3v) is 2.87. The van der Waals surface area contributed by atoms with Gasteiger partial charge in [-0.3, -0.25) is 0 Å². The van der Waals surface area contributed by atoms with Crippen molar-refractivity contribution in [2.45, 2.75) is 38.8 Å². The zero-order chi connectivity index (χ0) is 13.2. The van der Waals surface area contributed by atoms with Gasteiger partial charge in [0.15, 0.2) is 5.79 Å². The van der Waals surface area contributed by atoms with E-state index < -0.39 is 11.9 Å². The zero-order valence-corrected chi connectivity index (χ0v) is 11.1. The smallest absolute Gasteiger partial charge is 0.163 e. The maximum absolute atomic E-state index is 9.40. The van der Waals surface area contributed by atoms with E-state index in [9.17, 15) is 5.11 Å². The molecule has 0 spiro atoms. The largest absolute Gasteiger partial charge is 0.491 e. The van der Waals surface area contributed by atoms with Crippen LogP contribution in [0.1, 0.15) is 32.4 Å². The van der Waals surface area contributed by atoms with Crippen LogP contribution < -0.4 is 4.74 Å². The van der Waals surface area contributed by atoms with Crippen LogP contribution in [0, 0.1) is 0 Å². The van der Waals surface area contributed by atoms with Gasteiger partial charge in [0, 0.05) is 0 Å². The molecule has 4 heteroatoms. The minimum absolute atomic E-state index is 0.0311.